The Bertz CT molecular complexity index is 495. The Labute approximate surface area is 133 Å². The molecule has 0 aromatic carbocycles. The third-order valence-electron chi connectivity index (χ3n) is 4.19. The minimum Gasteiger partial charge on any atom is -0.465 e. The third kappa shape index (κ3) is 3.60. The molecule has 0 spiro atoms. The number of esters is 2. The summed E-state index contributed by atoms with van der Waals surface area (Å²) in [4.78, 5) is 24.7. The standard InChI is InChI=1S/C18H28O4/c1-7-21-15(19)14-9-10-18(11-13(3)4,16(20)22-8-2)17(5,6)12-14/h11-12H,7-10H2,1-6H3. The number of hydrogen-bond acceptors (Lipinski definition) is 4. The van der Waals surface area contributed by atoms with E-state index >= 15 is 0 Å². The van der Waals surface area contributed by atoms with Crippen molar-refractivity contribution in [3.8, 4) is 0 Å². The highest BCUT2D eigenvalue weighted by Crippen LogP contribution is 2.51. The van der Waals surface area contributed by atoms with Gasteiger partial charge in [0.1, 0.15) is 0 Å². The summed E-state index contributed by atoms with van der Waals surface area (Å²) in [6.45, 7) is 12.2. The van der Waals surface area contributed by atoms with Crippen molar-refractivity contribution < 1.29 is 19.1 Å². The van der Waals surface area contributed by atoms with E-state index in [9.17, 15) is 9.59 Å². The van der Waals surface area contributed by atoms with E-state index in [-0.39, 0.29) is 11.9 Å². The van der Waals surface area contributed by atoms with Gasteiger partial charge in [0, 0.05) is 11.0 Å². The predicted molar refractivity (Wildman–Crippen MR) is 86.2 cm³/mol. The zero-order valence-corrected chi connectivity index (χ0v) is 14.6. The van der Waals surface area contributed by atoms with Gasteiger partial charge in [-0.1, -0.05) is 31.6 Å². The molecule has 1 atom stereocenters. The van der Waals surface area contributed by atoms with Gasteiger partial charge in [-0.15, -0.1) is 0 Å². The van der Waals surface area contributed by atoms with Crippen molar-refractivity contribution in [3.05, 3.63) is 23.3 Å². The van der Waals surface area contributed by atoms with E-state index < -0.39 is 10.8 Å². The Hall–Kier alpha value is -1.58. The van der Waals surface area contributed by atoms with Gasteiger partial charge >= 0.3 is 11.9 Å². The van der Waals surface area contributed by atoms with Gasteiger partial charge in [-0.2, -0.15) is 0 Å². The zero-order valence-electron chi connectivity index (χ0n) is 14.6. The molecule has 0 aromatic heterocycles. The molecule has 124 valence electrons. The molecule has 4 heteroatoms. The summed E-state index contributed by atoms with van der Waals surface area (Å²) >= 11 is 0. The highest BCUT2D eigenvalue weighted by atomic mass is 16.5. The van der Waals surface area contributed by atoms with E-state index in [0.717, 1.165) is 5.57 Å². The molecule has 1 aliphatic carbocycles. The van der Waals surface area contributed by atoms with Crippen molar-refractivity contribution >= 4 is 11.9 Å². The van der Waals surface area contributed by atoms with Crippen LogP contribution in [-0.4, -0.2) is 25.2 Å². The molecule has 0 saturated heterocycles. The first-order chi connectivity index (χ1) is 10.2. The van der Waals surface area contributed by atoms with Gasteiger partial charge in [0.15, 0.2) is 0 Å². The number of rotatable bonds is 5. The van der Waals surface area contributed by atoms with Crippen LogP contribution in [0.2, 0.25) is 0 Å². The van der Waals surface area contributed by atoms with Crippen LogP contribution in [0.4, 0.5) is 0 Å². The van der Waals surface area contributed by atoms with E-state index in [0.29, 0.717) is 31.6 Å². The summed E-state index contributed by atoms with van der Waals surface area (Å²) in [5, 5.41) is 0. The van der Waals surface area contributed by atoms with Gasteiger partial charge in [0.2, 0.25) is 0 Å². The average Bonchev–Trinajstić information content (AvgIpc) is 2.40. The lowest BCUT2D eigenvalue weighted by atomic mass is 9.58. The maximum Gasteiger partial charge on any atom is 0.333 e. The first kappa shape index (κ1) is 18.5. The van der Waals surface area contributed by atoms with Gasteiger partial charge in [0.25, 0.3) is 0 Å². The van der Waals surface area contributed by atoms with Gasteiger partial charge in [-0.25, -0.2) is 4.79 Å². The second-order valence-corrected chi connectivity index (χ2v) is 6.53. The Kier molecular flexibility index (Phi) is 5.98. The molecule has 0 aliphatic heterocycles. The molecule has 4 nitrogen and oxygen atoms in total. The molecule has 0 fully saturated rings. The molecule has 0 saturated carbocycles. The summed E-state index contributed by atoms with van der Waals surface area (Å²) in [5.41, 5.74) is 0.456. The normalized spacial score (nSPS) is 23.3. The van der Waals surface area contributed by atoms with Crippen LogP contribution < -0.4 is 0 Å². The Morgan fingerprint density at radius 1 is 1.18 bits per heavy atom. The van der Waals surface area contributed by atoms with Crippen LogP contribution in [-0.2, 0) is 19.1 Å². The van der Waals surface area contributed by atoms with Gasteiger partial charge in [-0.3, -0.25) is 4.79 Å². The molecule has 22 heavy (non-hydrogen) atoms. The van der Waals surface area contributed by atoms with Crippen LogP contribution in [0.5, 0.6) is 0 Å². The van der Waals surface area contributed by atoms with Crippen LogP contribution in [0, 0.1) is 10.8 Å². The maximum absolute atomic E-state index is 12.7. The first-order valence-electron chi connectivity index (χ1n) is 7.92. The summed E-state index contributed by atoms with van der Waals surface area (Å²) < 4.78 is 10.4. The van der Waals surface area contributed by atoms with E-state index in [1.807, 2.05) is 46.8 Å². The lowest BCUT2D eigenvalue weighted by Crippen LogP contribution is -2.46. The largest absolute Gasteiger partial charge is 0.465 e. The number of carbonyl (C=O) groups excluding carboxylic acids is 2. The molecule has 0 heterocycles. The van der Waals surface area contributed by atoms with Gasteiger partial charge < -0.3 is 9.47 Å². The minimum absolute atomic E-state index is 0.222. The highest BCUT2D eigenvalue weighted by molar-refractivity contribution is 5.90. The Morgan fingerprint density at radius 2 is 1.77 bits per heavy atom. The molecular weight excluding hydrogens is 280 g/mol. The van der Waals surface area contributed by atoms with Gasteiger partial charge in [0.05, 0.1) is 18.6 Å². The quantitative estimate of drug-likeness (QED) is 0.572. The van der Waals surface area contributed by atoms with Crippen molar-refractivity contribution in [3.63, 3.8) is 0 Å². The molecule has 0 amide bonds. The smallest absolute Gasteiger partial charge is 0.333 e. The molecular formula is C18H28O4. The summed E-state index contributed by atoms with van der Waals surface area (Å²) in [5.74, 6) is -0.509. The average molecular weight is 308 g/mol. The highest BCUT2D eigenvalue weighted by Gasteiger charge is 2.52. The van der Waals surface area contributed by atoms with Crippen LogP contribution in [0.1, 0.15) is 54.4 Å². The SMILES string of the molecule is CCOC(=O)C1=CC(C)(C)C(C=C(C)C)(C(=O)OCC)CC1. The molecule has 1 aliphatic rings. The summed E-state index contributed by atoms with van der Waals surface area (Å²) in [6.07, 6.45) is 4.94. The van der Waals surface area contributed by atoms with E-state index in [1.165, 1.54) is 0 Å². The van der Waals surface area contributed by atoms with E-state index in [2.05, 4.69) is 0 Å². The van der Waals surface area contributed by atoms with Crippen LogP contribution in [0.25, 0.3) is 0 Å². The number of carbonyl (C=O) groups is 2. The monoisotopic (exact) mass is 308 g/mol. The predicted octanol–water partition coefficient (Wildman–Crippen LogP) is 3.81. The lowest BCUT2D eigenvalue weighted by molar-refractivity contribution is -0.159. The number of hydrogen-bond donors (Lipinski definition) is 0. The second-order valence-electron chi connectivity index (χ2n) is 6.53. The van der Waals surface area contributed by atoms with Crippen LogP contribution in [0.3, 0.4) is 0 Å². The fourth-order valence-corrected chi connectivity index (χ4v) is 3.11. The van der Waals surface area contributed by atoms with Crippen molar-refractivity contribution in [1.82, 2.24) is 0 Å². The molecule has 0 bridgehead atoms. The van der Waals surface area contributed by atoms with Crippen molar-refractivity contribution in [2.75, 3.05) is 13.2 Å². The van der Waals surface area contributed by atoms with Crippen molar-refractivity contribution in [1.29, 1.82) is 0 Å². The third-order valence-corrected chi connectivity index (χ3v) is 4.19. The topological polar surface area (TPSA) is 52.6 Å². The first-order valence-corrected chi connectivity index (χ1v) is 7.92. The summed E-state index contributed by atoms with van der Waals surface area (Å²) in [6, 6.07) is 0. The molecule has 0 radical (unpaired) electrons. The lowest BCUT2D eigenvalue weighted by Gasteiger charge is -2.44. The van der Waals surface area contributed by atoms with Crippen molar-refractivity contribution in [2.24, 2.45) is 10.8 Å². The van der Waals surface area contributed by atoms with Crippen molar-refractivity contribution in [2.45, 2.75) is 54.4 Å². The van der Waals surface area contributed by atoms with Gasteiger partial charge in [-0.05, 0) is 40.5 Å². The molecule has 1 unspecified atom stereocenters. The number of ether oxygens (including phenoxy) is 2. The summed E-state index contributed by atoms with van der Waals surface area (Å²) in [7, 11) is 0. The zero-order chi connectivity index (χ0) is 17.0. The second kappa shape index (κ2) is 7.12. The molecule has 0 aromatic rings. The maximum atomic E-state index is 12.7. The minimum atomic E-state index is -0.738. The van der Waals surface area contributed by atoms with E-state index in [1.54, 1.807) is 6.92 Å². The van der Waals surface area contributed by atoms with Crippen LogP contribution >= 0.6 is 0 Å². The molecule has 0 N–H and O–H groups in total. The van der Waals surface area contributed by atoms with E-state index in [4.69, 9.17) is 9.47 Å². The number of allylic oxidation sites excluding steroid dienone is 2. The Balaban J connectivity index is 3.29. The fourth-order valence-electron chi connectivity index (χ4n) is 3.11. The molecule has 1 rings (SSSR count). The Morgan fingerprint density at radius 3 is 2.23 bits per heavy atom. The fraction of sp³-hybridized carbons (Fsp3) is 0.667. The van der Waals surface area contributed by atoms with Crippen LogP contribution in [0.15, 0.2) is 23.3 Å².